The molecule has 0 N–H and O–H groups in total. The lowest BCUT2D eigenvalue weighted by atomic mass is 10.1. The summed E-state index contributed by atoms with van der Waals surface area (Å²) in [6.45, 7) is 2.74. The van der Waals surface area contributed by atoms with Crippen LogP contribution in [0.2, 0.25) is 0 Å². The number of thiophene rings is 1. The Labute approximate surface area is 121 Å². The summed E-state index contributed by atoms with van der Waals surface area (Å²) in [5.74, 6) is 0. The van der Waals surface area contributed by atoms with Gasteiger partial charge in [0.15, 0.2) is 6.29 Å². The van der Waals surface area contributed by atoms with Gasteiger partial charge < -0.3 is 0 Å². The highest BCUT2D eigenvalue weighted by molar-refractivity contribution is 7.13. The molecule has 0 amide bonds. The second-order valence-electron chi connectivity index (χ2n) is 4.71. The second-order valence-corrected chi connectivity index (χ2v) is 5.66. The number of carbonyl (C=O) groups is 1. The average molecular weight is 282 g/mol. The van der Waals surface area contributed by atoms with E-state index in [9.17, 15) is 4.79 Å². The van der Waals surface area contributed by atoms with E-state index in [4.69, 9.17) is 0 Å². The fourth-order valence-corrected chi connectivity index (χ4v) is 2.82. The molecule has 2 heterocycles. The van der Waals surface area contributed by atoms with Gasteiger partial charge in [-0.15, -0.1) is 11.3 Å². The van der Waals surface area contributed by atoms with Crippen molar-refractivity contribution in [2.75, 3.05) is 0 Å². The molecule has 0 saturated heterocycles. The Morgan fingerprint density at radius 3 is 2.70 bits per heavy atom. The van der Waals surface area contributed by atoms with Crippen LogP contribution in [0.25, 0.3) is 10.6 Å². The Hall–Kier alpha value is -2.20. The van der Waals surface area contributed by atoms with Gasteiger partial charge in [-0.2, -0.15) is 5.10 Å². The van der Waals surface area contributed by atoms with Gasteiger partial charge in [0.05, 0.1) is 17.0 Å². The molecule has 3 nitrogen and oxygen atoms in total. The minimum absolute atomic E-state index is 0.638. The van der Waals surface area contributed by atoms with E-state index in [0.29, 0.717) is 12.1 Å². The molecule has 100 valence electrons. The lowest BCUT2D eigenvalue weighted by Gasteiger charge is -2.02. The van der Waals surface area contributed by atoms with E-state index in [1.54, 1.807) is 11.3 Å². The Kier molecular flexibility index (Phi) is 3.48. The molecule has 3 aromatic rings. The number of aromatic nitrogens is 2. The predicted octanol–water partition coefficient (Wildman–Crippen LogP) is 3.78. The van der Waals surface area contributed by atoms with Crippen LogP contribution in [0.5, 0.6) is 0 Å². The zero-order chi connectivity index (χ0) is 13.9. The third-order valence-electron chi connectivity index (χ3n) is 3.14. The molecular formula is C16H14N2OS. The zero-order valence-corrected chi connectivity index (χ0v) is 11.9. The van der Waals surface area contributed by atoms with Crippen molar-refractivity contribution in [3.63, 3.8) is 0 Å². The SMILES string of the molecule is Cc1ccc(Cn2cc(C=O)c(-c3cccs3)n2)cc1. The monoisotopic (exact) mass is 282 g/mol. The highest BCUT2D eigenvalue weighted by Gasteiger charge is 2.11. The molecule has 1 aromatic carbocycles. The molecule has 4 heteroatoms. The molecule has 0 aliphatic heterocycles. The maximum atomic E-state index is 11.2. The Morgan fingerprint density at radius 2 is 2.05 bits per heavy atom. The van der Waals surface area contributed by atoms with Crippen molar-refractivity contribution in [2.24, 2.45) is 0 Å². The smallest absolute Gasteiger partial charge is 0.153 e. The lowest BCUT2D eigenvalue weighted by molar-refractivity contribution is 0.112. The molecule has 0 aliphatic rings. The highest BCUT2D eigenvalue weighted by Crippen LogP contribution is 2.25. The number of aryl methyl sites for hydroxylation is 1. The molecule has 20 heavy (non-hydrogen) atoms. The highest BCUT2D eigenvalue weighted by atomic mass is 32.1. The molecule has 0 radical (unpaired) electrons. The molecule has 3 rings (SSSR count). The van der Waals surface area contributed by atoms with Gasteiger partial charge in [-0.05, 0) is 23.9 Å². The first-order chi connectivity index (χ1) is 9.76. The number of hydrogen-bond donors (Lipinski definition) is 0. The zero-order valence-electron chi connectivity index (χ0n) is 11.1. The van der Waals surface area contributed by atoms with Gasteiger partial charge >= 0.3 is 0 Å². The summed E-state index contributed by atoms with van der Waals surface area (Å²) in [6.07, 6.45) is 2.68. The second kappa shape index (κ2) is 5.43. The summed E-state index contributed by atoms with van der Waals surface area (Å²) in [7, 11) is 0. The topological polar surface area (TPSA) is 34.9 Å². The van der Waals surface area contributed by atoms with Gasteiger partial charge in [-0.1, -0.05) is 35.9 Å². The number of nitrogens with zero attached hydrogens (tertiary/aromatic N) is 2. The van der Waals surface area contributed by atoms with Crippen molar-refractivity contribution in [1.82, 2.24) is 9.78 Å². The normalized spacial score (nSPS) is 10.7. The van der Waals surface area contributed by atoms with E-state index in [2.05, 4.69) is 36.3 Å². The first-order valence-electron chi connectivity index (χ1n) is 6.38. The minimum atomic E-state index is 0.638. The van der Waals surface area contributed by atoms with Gasteiger partial charge in [0.2, 0.25) is 0 Å². The van der Waals surface area contributed by atoms with Gasteiger partial charge in [0.1, 0.15) is 5.69 Å². The van der Waals surface area contributed by atoms with Crippen LogP contribution < -0.4 is 0 Å². The first-order valence-corrected chi connectivity index (χ1v) is 7.26. The quantitative estimate of drug-likeness (QED) is 0.683. The van der Waals surface area contributed by atoms with Crippen LogP contribution in [-0.2, 0) is 6.54 Å². The van der Waals surface area contributed by atoms with Crippen molar-refractivity contribution in [2.45, 2.75) is 13.5 Å². The van der Waals surface area contributed by atoms with Crippen molar-refractivity contribution < 1.29 is 4.79 Å². The van der Waals surface area contributed by atoms with Gasteiger partial charge in [-0.25, -0.2) is 0 Å². The minimum Gasteiger partial charge on any atom is -0.298 e. The number of benzene rings is 1. The third kappa shape index (κ3) is 2.56. The molecule has 0 unspecified atom stereocenters. The summed E-state index contributed by atoms with van der Waals surface area (Å²) in [6, 6.07) is 12.3. The molecule has 0 aliphatic carbocycles. The van der Waals surface area contributed by atoms with Gasteiger partial charge in [0, 0.05) is 6.20 Å². The number of hydrogen-bond acceptors (Lipinski definition) is 3. The third-order valence-corrected chi connectivity index (χ3v) is 4.01. The molecule has 0 atom stereocenters. The largest absolute Gasteiger partial charge is 0.298 e. The van der Waals surface area contributed by atoms with Crippen LogP contribution >= 0.6 is 11.3 Å². The van der Waals surface area contributed by atoms with Crippen molar-refractivity contribution >= 4 is 17.6 Å². The Bertz CT molecular complexity index is 712. The van der Waals surface area contributed by atoms with Gasteiger partial charge in [-0.3, -0.25) is 9.48 Å². The molecule has 0 saturated carbocycles. The Balaban J connectivity index is 1.91. The van der Waals surface area contributed by atoms with Crippen molar-refractivity contribution in [3.8, 4) is 10.6 Å². The maximum absolute atomic E-state index is 11.2. The number of rotatable bonds is 4. The summed E-state index contributed by atoms with van der Waals surface area (Å²) in [5.41, 5.74) is 3.82. The molecule has 0 bridgehead atoms. The standard InChI is InChI=1S/C16H14N2OS/c1-12-4-6-13(7-5-12)9-18-10-14(11-19)16(17-18)15-3-2-8-20-15/h2-8,10-11H,9H2,1H3. The summed E-state index contributed by atoms with van der Waals surface area (Å²) >= 11 is 1.59. The Morgan fingerprint density at radius 1 is 1.25 bits per heavy atom. The van der Waals surface area contributed by atoms with Crippen LogP contribution in [0.4, 0.5) is 0 Å². The van der Waals surface area contributed by atoms with E-state index in [1.165, 1.54) is 11.1 Å². The fraction of sp³-hybridized carbons (Fsp3) is 0.125. The molecule has 0 spiro atoms. The van der Waals surface area contributed by atoms with E-state index in [1.807, 2.05) is 28.4 Å². The number of aldehydes is 1. The van der Waals surface area contributed by atoms with E-state index >= 15 is 0 Å². The lowest BCUT2D eigenvalue weighted by Crippen LogP contribution is -2.00. The summed E-state index contributed by atoms with van der Waals surface area (Å²) in [4.78, 5) is 12.2. The summed E-state index contributed by atoms with van der Waals surface area (Å²) < 4.78 is 1.82. The fourth-order valence-electron chi connectivity index (χ4n) is 2.09. The van der Waals surface area contributed by atoms with Crippen LogP contribution in [0, 0.1) is 6.92 Å². The molecule has 0 fully saturated rings. The van der Waals surface area contributed by atoms with Gasteiger partial charge in [0.25, 0.3) is 0 Å². The maximum Gasteiger partial charge on any atom is 0.153 e. The van der Waals surface area contributed by atoms with Crippen LogP contribution in [-0.4, -0.2) is 16.1 Å². The van der Waals surface area contributed by atoms with E-state index < -0.39 is 0 Å². The van der Waals surface area contributed by atoms with Crippen LogP contribution in [0.1, 0.15) is 21.5 Å². The van der Waals surface area contributed by atoms with Crippen molar-refractivity contribution in [1.29, 1.82) is 0 Å². The van der Waals surface area contributed by atoms with E-state index in [-0.39, 0.29) is 0 Å². The average Bonchev–Trinajstić information content (AvgIpc) is 3.10. The molecule has 2 aromatic heterocycles. The summed E-state index contributed by atoms with van der Waals surface area (Å²) in [5, 5.41) is 6.53. The predicted molar refractivity (Wildman–Crippen MR) is 81.2 cm³/mol. The first kappa shape index (κ1) is 12.8. The van der Waals surface area contributed by atoms with Crippen LogP contribution in [0.3, 0.4) is 0 Å². The molecular weight excluding hydrogens is 268 g/mol. The van der Waals surface area contributed by atoms with Crippen molar-refractivity contribution in [3.05, 3.63) is 64.7 Å². The van der Waals surface area contributed by atoms with E-state index in [0.717, 1.165) is 16.9 Å². The number of carbonyl (C=O) groups excluding carboxylic acids is 1. The van der Waals surface area contributed by atoms with Crippen LogP contribution in [0.15, 0.2) is 48.0 Å².